The quantitative estimate of drug-likeness (QED) is 0.761. The van der Waals surface area contributed by atoms with E-state index in [0.29, 0.717) is 5.92 Å². The van der Waals surface area contributed by atoms with Crippen molar-refractivity contribution in [3.05, 3.63) is 35.4 Å². The van der Waals surface area contributed by atoms with Crippen molar-refractivity contribution in [2.45, 2.75) is 25.4 Å². The highest BCUT2D eigenvalue weighted by molar-refractivity contribution is 5.27. The maximum atomic E-state index is 12.9. The van der Waals surface area contributed by atoms with Crippen LogP contribution in [0.2, 0.25) is 0 Å². The maximum Gasteiger partial charge on any atom is 0.122 e. The van der Waals surface area contributed by atoms with Crippen molar-refractivity contribution in [2.24, 2.45) is 0 Å². The first-order valence-corrected chi connectivity index (χ1v) is 5.22. The van der Waals surface area contributed by atoms with E-state index < -0.39 is 6.17 Å². The first-order valence-electron chi connectivity index (χ1n) is 5.22. The van der Waals surface area contributed by atoms with Gasteiger partial charge in [0, 0.05) is 6.54 Å². The van der Waals surface area contributed by atoms with E-state index in [4.69, 9.17) is 0 Å². The van der Waals surface area contributed by atoms with Crippen molar-refractivity contribution >= 4 is 0 Å². The van der Waals surface area contributed by atoms with Gasteiger partial charge in [0.25, 0.3) is 0 Å². The molecule has 2 rings (SSSR count). The molecule has 1 aliphatic heterocycles. The molecule has 76 valence electrons. The molecule has 0 bridgehead atoms. The van der Waals surface area contributed by atoms with E-state index in [1.807, 2.05) is 12.1 Å². The van der Waals surface area contributed by atoms with E-state index in [-0.39, 0.29) is 0 Å². The van der Waals surface area contributed by atoms with Crippen LogP contribution in [0.1, 0.15) is 36.6 Å². The van der Waals surface area contributed by atoms with Gasteiger partial charge in [-0.05, 0) is 36.9 Å². The first kappa shape index (κ1) is 9.66. The van der Waals surface area contributed by atoms with Gasteiger partial charge in [-0.3, -0.25) is 0 Å². The monoisotopic (exact) mass is 193 g/mol. The molecule has 1 aromatic carbocycles. The Morgan fingerprint density at radius 1 is 1.36 bits per heavy atom. The molecule has 0 saturated carbocycles. The van der Waals surface area contributed by atoms with E-state index in [0.717, 1.165) is 18.7 Å². The van der Waals surface area contributed by atoms with E-state index in [1.54, 1.807) is 6.92 Å². The topological polar surface area (TPSA) is 12.0 Å². The zero-order valence-electron chi connectivity index (χ0n) is 8.46. The predicted molar refractivity (Wildman–Crippen MR) is 56.2 cm³/mol. The number of nitrogens with one attached hydrogen (secondary N) is 1. The second kappa shape index (κ2) is 4.09. The molecule has 2 atom stereocenters. The summed E-state index contributed by atoms with van der Waals surface area (Å²) in [7, 11) is 0. The van der Waals surface area contributed by atoms with Gasteiger partial charge in [-0.15, -0.1) is 0 Å². The molecule has 0 radical (unpaired) electrons. The van der Waals surface area contributed by atoms with Crippen LogP contribution in [0.25, 0.3) is 0 Å². The molecule has 1 heterocycles. The smallest absolute Gasteiger partial charge is 0.122 e. The minimum atomic E-state index is -0.856. The third-order valence-electron chi connectivity index (χ3n) is 2.93. The molecule has 0 amide bonds. The Kier molecular flexibility index (Phi) is 2.82. The zero-order valence-corrected chi connectivity index (χ0v) is 8.46. The van der Waals surface area contributed by atoms with Gasteiger partial charge in [0.05, 0.1) is 0 Å². The maximum absolute atomic E-state index is 12.9. The van der Waals surface area contributed by atoms with Crippen molar-refractivity contribution in [2.75, 3.05) is 13.1 Å². The molecule has 1 saturated heterocycles. The molecule has 1 aliphatic rings. The second-order valence-electron chi connectivity index (χ2n) is 3.97. The first-order chi connectivity index (χ1) is 6.77. The van der Waals surface area contributed by atoms with Crippen molar-refractivity contribution < 1.29 is 4.39 Å². The van der Waals surface area contributed by atoms with Gasteiger partial charge in [0.1, 0.15) is 6.17 Å². The molecule has 0 aliphatic carbocycles. The third kappa shape index (κ3) is 1.95. The lowest BCUT2D eigenvalue weighted by molar-refractivity contribution is 0.374. The lowest BCUT2D eigenvalue weighted by Gasteiger charge is -2.09. The summed E-state index contributed by atoms with van der Waals surface area (Å²) in [5.74, 6) is 0.624. The van der Waals surface area contributed by atoms with Gasteiger partial charge < -0.3 is 5.32 Å². The molecule has 0 spiro atoms. The van der Waals surface area contributed by atoms with Crippen LogP contribution >= 0.6 is 0 Å². The van der Waals surface area contributed by atoms with Crippen LogP contribution in [0.3, 0.4) is 0 Å². The van der Waals surface area contributed by atoms with Crippen LogP contribution < -0.4 is 5.32 Å². The van der Waals surface area contributed by atoms with Gasteiger partial charge in [-0.25, -0.2) is 4.39 Å². The molecule has 2 unspecified atom stereocenters. The summed E-state index contributed by atoms with van der Waals surface area (Å²) in [6, 6.07) is 7.92. The highest BCUT2D eigenvalue weighted by Crippen LogP contribution is 2.24. The summed E-state index contributed by atoms with van der Waals surface area (Å²) in [6.45, 7) is 3.74. The average molecular weight is 193 g/mol. The van der Waals surface area contributed by atoms with Crippen molar-refractivity contribution in [1.29, 1.82) is 0 Å². The highest BCUT2D eigenvalue weighted by atomic mass is 19.1. The summed E-state index contributed by atoms with van der Waals surface area (Å²) in [4.78, 5) is 0. The molecule has 1 nitrogen and oxygen atoms in total. The molecule has 0 aromatic heterocycles. The van der Waals surface area contributed by atoms with Crippen LogP contribution in [0.15, 0.2) is 24.3 Å². The molecule has 2 heteroatoms. The average Bonchev–Trinajstić information content (AvgIpc) is 2.71. The minimum absolute atomic E-state index is 0.624. The number of alkyl halides is 1. The number of benzene rings is 1. The molecule has 14 heavy (non-hydrogen) atoms. The lowest BCUT2D eigenvalue weighted by atomic mass is 9.97. The molecular weight excluding hydrogens is 177 g/mol. The van der Waals surface area contributed by atoms with Gasteiger partial charge in [0.15, 0.2) is 0 Å². The zero-order chi connectivity index (χ0) is 9.97. The number of halogens is 1. The van der Waals surface area contributed by atoms with E-state index >= 15 is 0 Å². The highest BCUT2D eigenvalue weighted by Gasteiger charge is 2.16. The van der Waals surface area contributed by atoms with Crippen LogP contribution in [0.5, 0.6) is 0 Å². The van der Waals surface area contributed by atoms with E-state index in [2.05, 4.69) is 17.4 Å². The van der Waals surface area contributed by atoms with Crippen LogP contribution in [-0.4, -0.2) is 13.1 Å². The number of rotatable bonds is 2. The molecule has 1 fully saturated rings. The van der Waals surface area contributed by atoms with Crippen molar-refractivity contribution in [3.8, 4) is 0 Å². The van der Waals surface area contributed by atoms with Crippen molar-refractivity contribution in [3.63, 3.8) is 0 Å². The SMILES string of the molecule is CC(F)c1ccc(C2CCNC2)cc1. The fourth-order valence-corrected chi connectivity index (χ4v) is 1.97. The summed E-state index contributed by atoms with van der Waals surface area (Å²) in [6.07, 6.45) is 0.343. The molecule has 1 aromatic rings. The molecule has 1 N–H and O–H groups in total. The standard InChI is InChI=1S/C12H16FN/c1-9(13)10-2-4-11(5-3-10)12-6-7-14-8-12/h2-5,9,12,14H,6-8H2,1H3. The summed E-state index contributed by atoms with van der Waals surface area (Å²) < 4.78 is 12.9. The van der Waals surface area contributed by atoms with Crippen molar-refractivity contribution in [1.82, 2.24) is 5.32 Å². The Morgan fingerprint density at radius 3 is 2.57 bits per heavy atom. The number of hydrogen-bond acceptors (Lipinski definition) is 1. The minimum Gasteiger partial charge on any atom is -0.316 e. The second-order valence-corrected chi connectivity index (χ2v) is 3.97. The Balaban J connectivity index is 2.12. The van der Waals surface area contributed by atoms with Gasteiger partial charge in [-0.2, -0.15) is 0 Å². The van der Waals surface area contributed by atoms with E-state index in [9.17, 15) is 4.39 Å². The van der Waals surface area contributed by atoms with Gasteiger partial charge >= 0.3 is 0 Å². The van der Waals surface area contributed by atoms with Crippen LogP contribution in [0.4, 0.5) is 4.39 Å². The molecular formula is C12H16FN. The number of hydrogen-bond donors (Lipinski definition) is 1. The van der Waals surface area contributed by atoms with Crippen LogP contribution in [-0.2, 0) is 0 Å². The predicted octanol–water partition coefficient (Wildman–Crippen LogP) is 2.79. The largest absolute Gasteiger partial charge is 0.316 e. The van der Waals surface area contributed by atoms with Gasteiger partial charge in [0.2, 0.25) is 0 Å². The Hall–Kier alpha value is -0.890. The Bertz CT molecular complexity index is 286. The normalized spacial score (nSPS) is 23.7. The van der Waals surface area contributed by atoms with Crippen LogP contribution in [0, 0.1) is 0 Å². The van der Waals surface area contributed by atoms with Gasteiger partial charge in [-0.1, -0.05) is 24.3 Å². The summed E-state index contributed by atoms with van der Waals surface area (Å²) in [5.41, 5.74) is 2.11. The Morgan fingerprint density at radius 2 is 2.07 bits per heavy atom. The summed E-state index contributed by atoms with van der Waals surface area (Å²) >= 11 is 0. The fraction of sp³-hybridized carbons (Fsp3) is 0.500. The third-order valence-corrected chi connectivity index (χ3v) is 2.93. The Labute approximate surface area is 84.3 Å². The lowest BCUT2D eigenvalue weighted by Crippen LogP contribution is -2.07. The summed E-state index contributed by atoms with van der Waals surface area (Å²) in [5, 5.41) is 3.33. The fourth-order valence-electron chi connectivity index (χ4n) is 1.97. The van der Waals surface area contributed by atoms with E-state index in [1.165, 1.54) is 12.0 Å².